The summed E-state index contributed by atoms with van der Waals surface area (Å²) in [6, 6.07) is 21.8. The number of ether oxygens (including phenoxy) is 1. The van der Waals surface area contributed by atoms with E-state index in [2.05, 4.69) is 0 Å². The highest BCUT2D eigenvalue weighted by Gasteiger charge is 2.25. The van der Waals surface area contributed by atoms with Crippen molar-refractivity contribution in [2.24, 2.45) is 0 Å². The van der Waals surface area contributed by atoms with Crippen molar-refractivity contribution in [3.63, 3.8) is 0 Å². The van der Waals surface area contributed by atoms with Gasteiger partial charge in [-0.15, -0.1) is 0 Å². The van der Waals surface area contributed by atoms with E-state index in [1.807, 2.05) is 36.4 Å². The number of hydrogen-bond acceptors (Lipinski definition) is 3. The molecule has 3 nitrogen and oxygen atoms in total. The molecule has 1 saturated heterocycles. The molecule has 0 radical (unpaired) electrons. The molecule has 0 amide bonds. The first-order chi connectivity index (χ1) is 15.5. The number of carbonyl (C=O) groups is 1. The fourth-order valence-electron chi connectivity index (χ4n) is 3.78. The van der Waals surface area contributed by atoms with Gasteiger partial charge in [0, 0.05) is 6.42 Å². The van der Waals surface area contributed by atoms with Gasteiger partial charge >= 0.3 is 5.97 Å². The van der Waals surface area contributed by atoms with Crippen LogP contribution in [0.1, 0.15) is 29.5 Å². The van der Waals surface area contributed by atoms with Crippen molar-refractivity contribution in [2.45, 2.75) is 25.0 Å². The van der Waals surface area contributed by atoms with E-state index in [-0.39, 0.29) is 18.1 Å². The molecule has 0 unspecified atom stereocenters. The van der Waals surface area contributed by atoms with E-state index in [1.54, 1.807) is 30.3 Å². The molecule has 32 heavy (non-hydrogen) atoms. The number of cyclic esters (lactones) is 1. The second-order valence-electron chi connectivity index (χ2n) is 7.65. The topological polar surface area (TPSA) is 46.5 Å². The van der Waals surface area contributed by atoms with Gasteiger partial charge in [0.15, 0.2) is 0 Å². The van der Waals surface area contributed by atoms with E-state index in [1.165, 1.54) is 24.3 Å². The quantitative estimate of drug-likeness (QED) is 0.327. The third-order valence-electron chi connectivity index (χ3n) is 5.29. The largest absolute Gasteiger partial charge is 0.458 e. The third kappa shape index (κ3) is 5.18. The highest BCUT2D eigenvalue weighted by atomic mass is 19.1. The Bertz CT molecular complexity index is 1090. The molecule has 1 aliphatic heterocycles. The number of rotatable bonds is 5. The lowest BCUT2D eigenvalue weighted by Crippen LogP contribution is -2.31. The zero-order valence-corrected chi connectivity index (χ0v) is 17.2. The molecule has 162 valence electrons. The molecule has 0 aliphatic carbocycles. The second kappa shape index (κ2) is 9.71. The van der Waals surface area contributed by atoms with Crippen LogP contribution < -0.4 is 0 Å². The minimum absolute atomic E-state index is 0.0118. The fraction of sp³-hybridized carbons (Fsp3) is 0.148. The number of aliphatic hydroxyl groups is 1. The number of allylic oxidation sites excluding steroid dienone is 2. The summed E-state index contributed by atoms with van der Waals surface area (Å²) in [6.45, 7) is 0. The summed E-state index contributed by atoms with van der Waals surface area (Å²) in [5.41, 5.74) is 3.95. The Balaban J connectivity index is 1.89. The molecule has 0 spiro atoms. The maximum absolute atomic E-state index is 13.6. The van der Waals surface area contributed by atoms with Gasteiger partial charge < -0.3 is 9.84 Å². The second-order valence-corrected chi connectivity index (χ2v) is 7.65. The number of halogens is 2. The van der Waals surface area contributed by atoms with E-state index in [4.69, 9.17) is 4.74 Å². The normalized spacial score (nSPS) is 18.4. The van der Waals surface area contributed by atoms with Crippen LogP contribution in [0.15, 0.2) is 91.0 Å². The summed E-state index contributed by atoms with van der Waals surface area (Å²) in [4.78, 5) is 11.7. The standard InChI is InChI=1S/C27H22F2O3/c28-21-10-6-19(7-11-21)27(20-8-12-22(29)13-9-20)25(18-4-2-1-3-5-18)15-14-24-16-23(30)17-26(31)32-24/h1-15,23-24,30H,16-17H2/b15-14+/t23-,24-/m0/s1. The molecule has 1 fully saturated rings. The van der Waals surface area contributed by atoms with Gasteiger partial charge in [-0.2, -0.15) is 0 Å². The molecule has 0 aromatic heterocycles. The number of benzene rings is 3. The fourth-order valence-corrected chi connectivity index (χ4v) is 3.78. The van der Waals surface area contributed by atoms with E-state index >= 15 is 0 Å². The van der Waals surface area contributed by atoms with Crippen LogP contribution in [0.4, 0.5) is 8.78 Å². The molecule has 2 atom stereocenters. The van der Waals surface area contributed by atoms with Crippen LogP contribution in [0.5, 0.6) is 0 Å². The Morgan fingerprint density at radius 1 is 0.844 bits per heavy atom. The molecule has 0 bridgehead atoms. The van der Waals surface area contributed by atoms with Crippen molar-refractivity contribution in [1.82, 2.24) is 0 Å². The van der Waals surface area contributed by atoms with Gasteiger partial charge in [0.25, 0.3) is 0 Å². The maximum Gasteiger partial charge on any atom is 0.309 e. The smallest absolute Gasteiger partial charge is 0.309 e. The zero-order chi connectivity index (χ0) is 22.5. The molecular weight excluding hydrogens is 410 g/mol. The monoisotopic (exact) mass is 432 g/mol. The summed E-state index contributed by atoms with van der Waals surface area (Å²) in [7, 11) is 0. The SMILES string of the molecule is O=C1C[C@@H](O)C[C@H](/C=C/C(=C(c2ccc(F)cc2)c2ccc(F)cc2)c2ccccc2)O1. The average molecular weight is 432 g/mol. The van der Waals surface area contributed by atoms with Crippen LogP contribution in [0.25, 0.3) is 11.1 Å². The van der Waals surface area contributed by atoms with Crippen LogP contribution in [0.2, 0.25) is 0 Å². The maximum atomic E-state index is 13.6. The van der Waals surface area contributed by atoms with Crippen molar-refractivity contribution in [1.29, 1.82) is 0 Å². The first-order valence-electron chi connectivity index (χ1n) is 10.4. The van der Waals surface area contributed by atoms with E-state index in [0.717, 1.165) is 27.8 Å². The Kier molecular flexibility index (Phi) is 6.57. The summed E-state index contributed by atoms with van der Waals surface area (Å²) in [5.74, 6) is -1.15. The van der Waals surface area contributed by atoms with Gasteiger partial charge in [-0.05, 0) is 58.2 Å². The van der Waals surface area contributed by atoms with Crippen LogP contribution in [-0.2, 0) is 9.53 Å². The van der Waals surface area contributed by atoms with Crippen molar-refractivity contribution in [3.8, 4) is 0 Å². The van der Waals surface area contributed by atoms with Crippen LogP contribution in [0.3, 0.4) is 0 Å². The predicted molar refractivity (Wildman–Crippen MR) is 119 cm³/mol. The van der Waals surface area contributed by atoms with Crippen LogP contribution >= 0.6 is 0 Å². The first kappa shape index (κ1) is 21.7. The number of carbonyl (C=O) groups excluding carboxylic acids is 1. The Morgan fingerprint density at radius 3 is 1.94 bits per heavy atom. The van der Waals surface area contributed by atoms with Gasteiger partial charge in [-0.25, -0.2) is 8.78 Å². The average Bonchev–Trinajstić information content (AvgIpc) is 2.78. The minimum Gasteiger partial charge on any atom is -0.458 e. The van der Waals surface area contributed by atoms with Crippen molar-refractivity contribution < 1.29 is 23.4 Å². The molecule has 3 aromatic rings. The van der Waals surface area contributed by atoms with E-state index < -0.39 is 18.2 Å². The molecule has 4 rings (SSSR count). The minimum atomic E-state index is -0.747. The van der Waals surface area contributed by atoms with Crippen LogP contribution in [0, 0.1) is 11.6 Å². The van der Waals surface area contributed by atoms with Gasteiger partial charge in [0.05, 0.1) is 12.5 Å². The lowest BCUT2D eigenvalue weighted by Gasteiger charge is -2.24. The van der Waals surface area contributed by atoms with Crippen molar-refractivity contribution in [3.05, 3.63) is 119 Å². The Morgan fingerprint density at radius 2 is 1.41 bits per heavy atom. The van der Waals surface area contributed by atoms with Gasteiger partial charge in [-0.1, -0.05) is 60.7 Å². The Labute approximate surface area is 185 Å². The molecule has 1 aliphatic rings. The molecule has 3 aromatic carbocycles. The zero-order valence-electron chi connectivity index (χ0n) is 17.2. The van der Waals surface area contributed by atoms with Crippen LogP contribution in [-0.4, -0.2) is 23.3 Å². The highest BCUT2D eigenvalue weighted by molar-refractivity contribution is 6.02. The first-order valence-corrected chi connectivity index (χ1v) is 10.4. The lowest BCUT2D eigenvalue weighted by atomic mass is 9.88. The van der Waals surface area contributed by atoms with E-state index in [0.29, 0.717) is 6.42 Å². The number of hydrogen-bond donors (Lipinski definition) is 1. The Hall–Kier alpha value is -3.57. The molecule has 0 saturated carbocycles. The third-order valence-corrected chi connectivity index (χ3v) is 5.29. The highest BCUT2D eigenvalue weighted by Crippen LogP contribution is 2.34. The van der Waals surface area contributed by atoms with Gasteiger partial charge in [-0.3, -0.25) is 4.79 Å². The summed E-state index contributed by atoms with van der Waals surface area (Å²) in [5, 5.41) is 9.93. The molecular formula is C27H22F2O3. The number of esters is 1. The summed E-state index contributed by atoms with van der Waals surface area (Å²) in [6.07, 6.45) is 2.58. The molecule has 1 heterocycles. The van der Waals surface area contributed by atoms with Gasteiger partial charge in [0.2, 0.25) is 0 Å². The van der Waals surface area contributed by atoms with Gasteiger partial charge in [0.1, 0.15) is 17.7 Å². The number of aliphatic hydroxyl groups excluding tert-OH is 1. The molecule has 1 N–H and O–H groups in total. The lowest BCUT2D eigenvalue weighted by molar-refractivity contribution is -0.156. The van der Waals surface area contributed by atoms with E-state index in [9.17, 15) is 18.7 Å². The van der Waals surface area contributed by atoms with Crippen molar-refractivity contribution in [2.75, 3.05) is 0 Å². The predicted octanol–water partition coefficient (Wildman–Crippen LogP) is 5.55. The molecule has 5 heteroatoms. The van der Waals surface area contributed by atoms with Crippen molar-refractivity contribution >= 4 is 17.1 Å². The summed E-state index contributed by atoms with van der Waals surface area (Å²) >= 11 is 0. The summed E-state index contributed by atoms with van der Waals surface area (Å²) < 4.78 is 32.6.